The van der Waals surface area contributed by atoms with Crippen molar-refractivity contribution in [2.45, 2.75) is 0 Å². The molecule has 0 aliphatic rings. The Kier molecular flexibility index (Phi) is 2.79. The summed E-state index contributed by atoms with van der Waals surface area (Å²) in [7, 11) is 0. The number of hydrogen-bond donors (Lipinski definition) is 1. The van der Waals surface area contributed by atoms with Crippen molar-refractivity contribution in [3.8, 4) is 11.4 Å². The van der Waals surface area contributed by atoms with Crippen LogP contribution >= 0.6 is 11.6 Å². The average Bonchev–Trinajstić information content (AvgIpc) is 2.80. The Bertz CT molecular complexity index is 831. The minimum absolute atomic E-state index is 0.0226. The highest BCUT2D eigenvalue weighted by atomic mass is 35.5. The van der Waals surface area contributed by atoms with Crippen molar-refractivity contribution in [2.75, 3.05) is 5.73 Å². The first-order valence-corrected chi connectivity index (χ1v) is 5.80. The van der Waals surface area contributed by atoms with Gasteiger partial charge in [-0.3, -0.25) is 4.40 Å². The molecule has 102 valence electrons. The van der Waals surface area contributed by atoms with Gasteiger partial charge in [-0.05, 0) is 18.2 Å². The Morgan fingerprint density at radius 2 is 1.85 bits per heavy atom. The summed E-state index contributed by atoms with van der Waals surface area (Å²) in [4.78, 5) is 0. The van der Waals surface area contributed by atoms with Gasteiger partial charge >= 0.3 is 0 Å². The van der Waals surface area contributed by atoms with Crippen LogP contribution in [0.15, 0.2) is 24.4 Å². The molecule has 0 saturated heterocycles. The summed E-state index contributed by atoms with van der Waals surface area (Å²) in [6, 6.07) is 3.33. The molecule has 4 nitrogen and oxygen atoms in total. The first-order valence-electron chi connectivity index (χ1n) is 5.42. The Morgan fingerprint density at radius 3 is 2.60 bits per heavy atom. The van der Waals surface area contributed by atoms with Crippen molar-refractivity contribution < 1.29 is 13.2 Å². The van der Waals surface area contributed by atoms with Crippen LogP contribution in [0.4, 0.5) is 18.9 Å². The molecule has 3 aromatic rings. The third-order valence-electron chi connectivity index (χ3n) is 2.78. The fourth-order valence-electron chi connectivity index (χ4n) is 1.87. The molecule has 0 fully saturated rings. The van der Waals surface area contributed by atoms with Gasteiger partial charge in [0.25, 0.3) is 0 Å². The summed E-state index contributed by atoms with van der Waals surface area (Å²) < 4.78 is 41.3. The van der Waals surface area contributed by atoms with E-state index in [4.69, 9.17) is 17.3 Å². The van der Waals surface area contributed by atoms with Crippen LogP contribution in [0.5, 0.6) is 0 Å². The van der Waals surface area contributed by atoms with Crippen LogP contribution in [0, 0.1) is 17.5 Å². The summed E-state index contributed by atoms with van der Waals surface area (Å²) in [5.74, 6) is -4.23. The summed E-state index contributed by atoms with van der Waals surface area (Å²) in [5, 5.41) is 7.80. The Hall–Kier alpha value is -2.28. The van der Waals surface area contributed by atoms with Gasteiger partial charge in [0, 0.05) is 6.20 Å². The molecule has 1 aromatic carbocycles. The van der Waals surface area contributed by atoms with Gasteiger partial charge < -0.3 is 5.73 Å². The topological polar surface area (TPSA) is 56.2 Å². The molecule has 0 atom stereocenters. The van der Waals surface area contributed by atoms with E-state index in [0.29, 0.717) is 0 Å². The maximum Gasteiger partial charge on any atom is 0.195 e. The summed E-state index contributed by atoms with van der Waals surface area (Å²) in [5.41, 5.74) is 5.95. The molecular formula is C12H6ClF3N4. The van der Waals surface area contributed by atoms with Gasteiger partial charge in [0.2, 0.25) is 0 Å². The first-order chi connectivity index (χ1) is 9.49. The number of nitrogen functional groups attached to an aromatic ring is 1. The van der Waals surface area contributed by atoms with Crippen molar-refractivity contribution in [2.24, 2.45) is 0 Å². The van der Waals surface area contributed by atoms with Gasteiger partial charge in [-0.1, -0.05) is 11.6 Å². The number of aromatic nitrogens is 3. The highest BCUT2D eigenvalue weighted by molar-refractivity contribution is 6.30. The molecule has 0 amide bonds. The highest BCUT2D eigenvalue weighted by Crippen LogP contribution is 2.27. The number of fused-ring (bicyclic) bond motifs is 1. The number of rotatable bonds is 1. The summed E-state index contributed by atoms with van der Waals surface area (Å²) in [6.45, 7) is 0. The third-order valence-corrected chi connectivity index (χ3v) is 2.98. The van der Waals surface area contributed by atoms with Crippen molar-refractivity contribution >= 4 is 22.9 Å². The second-order valence-corrected chi connectivity index (χ2v) is 4.49. The van der Waals surface area contributed by atoms with Crippen molar-refractivity contribution in [1.29, 1.82) is 0 Å². The zero-order valence-corrected chi connectivity index (χ0v) is 10.5. The van der Waals surface area contributed by atoms with E-state index < -0.39 is 17.5 Å². The number of pyridine rings is 1. The molecular weight excluding hydrogens is 293 g/mol. The van der Waals surface area contributed by atoms with Crippen LogP contribution in [0.2, 0.25) is 5.02 Å². The van der Waals surface area contributed by atoms with E-state index in [9.17, 15) is 13.2 Å². The average molecular weight is 299 g/mol. The monoisotopic (exact) mass is 298 g/mol. The van der Waals surface area contributed by atoms with E-state index in [1.807, 2.05) is 0 Å². The van der Waals surface area contributed by atoms with Gasteiger partial charge in [-0.15, -0.1) is 10.2 Å². The Morgan fingerprint density at radius 1 is 1.10 bits per heavy atom. The van der Waals surface area contributed by atoms with Crippen LogP contribution in [0.3, 0.4) is 0 Å². The van der Waals surface area contributed by atoms with Crippen LogP contribution in [0.25, 0.3) is 17.0 Å². The van der Waals surface area contributed by atoms with Crippen LogP contribution in [0.1, 0.15) is 0 Å². The molecule has 2 heterocycles. The predicted molar refractivity (Wildman–Crippen MR) is 67.7 cm³/mol. The van der Waals surface area contributed by atoms with Crippen molar-refractivity contribution in [3.63, 3.8) is 0 Å². The van der Waals surface area contributed by atoms with Gasteiger partial charge in [-0.2, -0.15) is 0 Å². The zero-order chi connectivity index (χ0) is 14.4. The fourth-order valence-corrected chi connectivity index (χ4v) is 2.08. The lowest BCUT2D eigenvalue weighted by Gasteiger charge is -2.04. The Labute approximate surface area is 115 Å². The smallest absolute Gasteiger partial charge is 0.195 e. The lowest BCUT2D eigenvalue weighted by atomic mass is 10.2. The molecule has 2 N–H and O–H groups in total. The molecule has 0 bridgehead atoms. The normalized spacial score (nSPS) is 11.2. The number of anilines is 1. The van der Waals surface area contributed by atoms with E-state index in [-0.39, 0.29) is 27.7 Å². The van der Waals surface area contributed by atoms with Gasteiger partial charge in [0.15, 0.2) is 28.9 Å². The van der Waals surface area contributed by atoms with Gasteiger partial charge in [0.05, 0.1) is 16.3 Å². The van der Waals surface area contributed by atoms with E-state index in [1.54, 1.807) is 0 Å². The molecule has 2 aromatic heterocycles. The van der Waals surface area contributed by atoms with Crippen LogP contribution in [-0.2, 0) is 0 Å². The van der Waals surface area contributed by atoms with E-state index in [1.165, 1.54) is 16.7 Å². The molecule has 0 aliphatic carbocycles. The Balaban J connectivity index is 2.33. The van der Waals surface area contributed by atoms with Gasteiger partial charge in [0.1, 0.15) is 0 Å². The fraction of sp³-hybridized carbons (Fsp3) is 0. The second kappa shape index (κ2) is 4.38. The number of benzene rings is 1. The van der Waals surface area contributed by atoms with Crippen LogP contribution in [-0.4, -0.2) is 14.6 Å². The minimum Gasteiger partial charge on any atom is -0.396 e. The number of hydrogen-bond acceptors (Lipinski definition) is 3. The predicted octanol–water partition coefficient (Wildman–Crippen LogP) is 3.05. The molecule has 20 heavy (non-hydrogen) atoms. The van der Waals surface area contributed by atoms with Gasteiger partial charge in [-0.25, -0.2) is 13.2 Å². The molecule has 0 radical (unpaired) electrons. The van der Waals surface area contributed by atoms with E-state index in [0.717, 1.165) is 12.1 Å². The standard InChI is InChI=1S/C12H6ClF3N4/c13-5-3-8(17)12-19-18-11(20(12)4-5)6-1-2-7(14)10(16)9(6)15/h1-4H,17H2. The molecule has 0 spiro atoms. The quantitative estimate of drug-likeness (QED) is 0.703. The summed E-state index contributed by atoms with van der Waals surface area (Å²) in [6.07, 6.45) is 1.41. The molecule has 0 aliphatic heterocycles. The number of halogens is 4. The summed E-state index contributed by atoms with van der Waals surface area (Å²) >= 11 is 5.85. The maximum atomic E-state index is 13.8. The van der Waals surface area contributed by atoms with E-state index in [2.05, 4.69) is 10.2 Å². The third kappa shape index (κ3) is 1.78. The van der Waals surface area contributed by atoms with Crippen LogP contribution < -0.4 is 5.73 Å². The minimum atomic E-state index is -1.57. The molecule has 0 unspecified atom stereocenters. The maximum absolute atomic E-state index is 13.8. The lowest BCUT2D eigenvalue weighted by molar-refractivity contribution is 0.448. The first kappa shape index (κ1) is 12.7. The van der Waals surface area contributed by atoms with E-state index >= 15 is 0 Å². The molecule has 3 rings (SSSR count). The second-order valence-electron chi connectivity index (χ2n) is 4.05. The SMILES string of the molecule is Nc1cc(Cl)cn2c(-c3ccc(F)c(F)c3F)nnc12. The molecule has 0 saturated carbocycles. The zero-order valence-electron chi connectivity index (χ0n) is 9.74. The largest absolute Gasteiger partial charge is 0.396 e. The molecule has 8 heteroatoms. The highest BCUT2D eigenvalue weighted by Gasteiger charge is 2.19. The van der Waals surface area contributed by atoms with Crippen molar-refractivity contribution in [1.82, 2.24) is 14.6 Å². The number of nitrogens with zero attached hydrogens (tertiary/aromatic N) is 3. The van der Waals surface area contributed by atoms with Crippen molar-refractivity contribution in [3.05, 3.63) is 46.9 Å². The number of nitrogens with two attached hydrogens (primary N) is 1. The lowest BCUT2D eigenvalue weighted by Crippen LogP contribution is -1.98.